The molecule has 0 radical (unpaired) electrons. The maximum absolute atomic E-state index is 13.3. The first-order chi connectivity index (χ1) is 8.79. The van der Waals surface area contributed by atoms with Crippen molar-refractivity contribution in [1.29, 1.82) is 0 Å². The standard InChI is InChI=1S/C12H16FNO4S/c1-3-5-10(12(15)16)14-19(17,18)11-7-4-6-9(13)8(11)2/h4,6-7,10,14H,3,5H2,1-2H3,(H,15,16). The zero-order valence-electron chi connectivity index (χ0n) is 10.7. The van der Waals surface area contributed by atoms with Crippen LogP contribution in [0.15, 0.2) is 23.1 Å². The minimum atomic E-state index is -4.05. The Bertz CT molecular complexity index is 571. The van der Waals surface area contributed by atoms with Gasteiger partial charge in [-0.1, -0.05) is 19.4 Å². The van der Waals surface area contributed by atoms with E-state index in [2.05, 4.69) is 4.72 Å². The molecule has 0 aliphatic heterocycles. The summed E-state index contributed by atoms with van der Waals surface area (Å²) in [5.74, 6) is -1.90. The topological polar surface area (TPSA) is 83.5 Å². The fourth-order valence-corrected chi connectivity index (χ4v) is 3.13. The molecule has 0 fully saturated rings. The molecular formula is C12H16FNO4S. The second-order valence-electron chi connectivity index (χ2n) is 4.16. The summed E-state index contributed by atoms with van der Waals surface area (Å²) in [5, 5.41) is 8.94. The molecule has 0 saturated heterocycles. The summed E-state index contributed by atoms with van der Waals surface area (Å²) in [6, 6.07) is 2.45. The third-order valence-corrected chi connectivity index (χ3v) is 4.30. The average molecular weight is 289 g/mol. The van der Waals surface area contributed by atoms with E-state index in [1.807, 2.05) is 0 Å². The van der Waals surface area contributed by atoms with E-state index in [4.69, 9.17) is 5.11 Å². The molecule has 1 rings (SSSR count). The number of nitrogens with one attached hydrogen (secondary N) is 1. The predicted octanol–water partition coefficient (Wildman–Crippen LogP) is 1.67. The molecule has 0 bridgehead atoms. The molecule has 1 aromatic carbocycles. The van der Waals surface area contributed by atoms with Crippen LogP contribution in [0.2, 0.25) is 0 Å². The molecule has 0 amide bonds. The lowest BCUT2D eigenvalue weighted by atomic mass is 10.2. The van der Waals surface area contributed by atoms with Crippen LogP contribution in [0.25, 0.3) is 0 Å². The molecule has 1 unspecified atom stereocenters. The first kappa shape index (κ1) is 15.6. The van der Waals surface area contributed by atoms with Crippen LogP contribution < -0.4 is 4.72 Å². The van der Waals surface area contributed by atoms with Gasteiger partial charge in [0.15, 0.2) is 0 Å². The van der Waals surface area contributed by atoms with Crippen LogP contribution in [-0.2, 0) is 14.8 Å². The monoisotopic (exact) mass is 289 g/mol. The van der Waals surface area contributed by atoms with Gasteiger partial charge >= 0.3 is 5.97 Å². The number of halogens is 1. The number of hydrogen-bond acceptors (Lipinski definition) is 3. The van der Waals surface area contributed by atoms with Gasteiger partial charge in [-0.3, -0.25) is 4.79 Å². The lowest BCUT2D eigenvalue weighted by Gasteiger charge is -2.15. The van der Waals surface area contributed by atoms with Crippen molar-refractivity contribution in [3.05, 3.63) is 29.6 Å². The van der Waals surface area contributed by atoms with E-state index < -0.39 is 27.9 Å². The largest absolute Gasteiger partial charge is 0.480 e. The molecule has 0 aliphatic rings. The summed E-state index contributed by atoms with van der Waals surface area (Å²) in [4.78, 5) is 10.7. The molecule has 5 nitrogen and oxygen atoms in total. The third kappa shape index (κ3) is 3.74. The van der Waals surface area contributed by atoms with Crippen LogP contribution in [-0.4, -0.2) is 25.5 Å². The Morgan fingerprint density at radius 3 is 2.63 bits per heavy atom. The zero-order valence-corrected chi connectivity index (χ0v) is 11.5. The molecule has 0 aliphatic carbocycles. The summed E-state index contributed by atoms with van der Waals surface area (Å²) in [5.41, 5.74) is -0.0318. The van der Waals surface area contributed by atoms with Gasteiger partial charge in [0.1, 0.15) is 11.9 Å². The van der Waals surface area contributed by atoms with Crippen molar-refractivity contribution in [2.75, 3.05) is 0 Å². The van der Waals surface area contributed by atoms with Crippen molar-refractivity contribution < 1.29 is 22.7 Å². The smallest absolute Gasteiger partial charge is 0.321 e. The number of hydrogen-bond donors (Lipinski definition) is 2. The van der Waals surface area contributed by atoms with E-state index in [-0.39, 0.29) is 16.9 Å². The van der Waals surface area contributed by atoms with Gasteiger partial charge in [0.05, 0.1) is 4.90 Å². The number of carbonyl (C=O) groups is 1. The predicted molar refractivity (Wildman–Crippen MR) is 67.8 cm³/mol. The SMILES string of the molecule is CCCC(NS(=O)(=O)c1cccc(F)c1C)C(=O)O. The van der Waals surface area contributed by atoms with Gasteiger partial charge in [-0.2, -0.15) is 4.72 Å². The minimum Gasteiger partial charge on any atom is -0.480 e. The van der Waals surface area contributed by atoms with Crippen LogP contribution in [0.5, 0.6) is 0 Å². The van der Waals surface area contributed by atoms with Crippen LogP contribution >= 0.6 is 0 Å². The quantitative estimate of drug-likeness (QED) is 0.834. The van der Waals surface area contributed by atoms with Crippen molar-refractivity contribution in [3.8, 4) is 0 Å². The van der Waals surface area contributed by atoms with Crippen molar-refractivity contribution in [2.45, 2.75) is 37.6 Å². The second-order valence-corrected chi connectivity index (χ2v) is 5.85. The minimum absolute atomic E-state index is 0.0318. The summed E-state index contributed by atoms with van der Waals surface area (Å²) < 4.78 is 39.5. The number of sulfonamides is 1. The number of rotatable bonds is 6. The lowest BCUT2D eigenvalue weighted by molar-refractivity contribution is -0.139. The summed E-state index contributed by atoms with van der Waals surface area (Å²) in [7, 11) is -4.05. The van der Waals surface area contributed by atoms with Gasteiger partial charge in [-0.15, -0.1) is 0 Å². The Morgan fingerprint density at radius 1 is 1.47 bits per heavy atom. The van der Waals surface area contributed by atoms with E-state index in [0.717, 1.165) is 6.07 Å². The van der Waals surface area contributed by atoms with E-state index in [0.29, 0.717) is 6.42 Å². The molecule has 1 atom stereocenters. The third-order valence-electron chi connectivity index (χ3n) is 2.68. The highest BCUT2D eigenvalue weighted by Crippen LogP contribution is 2.18. The normalized spacial score (nSPS) is 13.2. The number of benzene rings is 1. The van der Waals surface area contributed by atoms with E-state index in [9.17, 15) is 17.6 Å². The van der Waals surface area contributed by atoms with Crippen LogP contribution in [0.1, 0.15) is 25.3 Å². The van der Waals surface area contributed by atoms with Crippen molar-refractivity contribution in [2.24, 2.45) is 0 Å². The molecule has 106 valence electrons. The molecular weight excluding hydrogens is 273 g/mol. The van der Waals surface area contributed by atoms with Gasteiger partial charge in [-0.25, -0.2) is 12.8 Å². The maximum Gasteiger partial charge on any atom is 0.321 e. The molecule has 1 aromatic rings. The average Bonchev–Trinajstić information content (AvgIpc) is 2.31. The Kier molecular flexibility index (Phi) is 5.02. The fourth-order valence-electron chi connectivity index (χ4n) is 1.65. The molecule has 2 N–H and O–H groups in total. The van der Waals surface area contributed by atoms with Gasteiger partial charge in [0.2, 0.25) is 10.0 Å². The molecule has 7 heteroatoms. The summed E-state index contributed by atoms with van der Waals surface area (Å²) in [6.45, 7) is 3.08. The number of aliphatic carboxylic acids is 1. The number of carboxylic acid groups (broad SMARTS) is 1. The molecule has 0 heterocycles. The first-order valence-corrected chi connectivity index (χ1v) is 7.28. The highest BCUT2D eigenvalue weighted by Gasteiger charge is 2.26. The molecule has 0 saturated carbocycles. The lowest BCUT2D eigenvalue weighted by Crippen LogP contribution is -2.40. The fraction of sp³-hybridized carbons (Fsp3) is 0.417. The molecule has 0 spiro atoms. The van der Waals surface area contributed by atoms with Gasteiger partial charge in [0, 0.05) is 5.56 Å². The van der Waals surface area contributed by atoms with E-state index in [1.54, 1.807) is 6.92 Å². The Morgan fingerprint density at radius 2 is 2.11 bits per heavy atom. The van der Waals surface area contributed by atoms with Gasteiger partial charge in [-0.05, 0) is 25.5 Å². The second kappa shape index (κ2) is 6.12. The van der Waals surface area contributed by atoms with Gasteiger partial charge in [0.25, 0.3) is 0 Å². The Hall–Kier alpha value is -1.47. The summed E-state index contributed by atoms with van der Waals surface area (Å²) in [6.07, 6.45) is 0.685. The first-order valence-electron chi connectivity index (χ1n) is 5.80. The van der Waals surface area contributed by atoms with Gasteiger partial charge < -0.3 is 5.11 Å². The molecule has 19 heavy (non-hydrogen) atoms. The maximum atomic E-state index is 13.3. The van der Waals surface area contributed by atoms with Crippen molar-refractivity contribution in [3.63, 3.8) is 0 Å². The highest BCUT2D eigenvalue weighted by atomic mass is 32.2. The van der Waals surface area contributed by atoms with Crippen LogP contribution in [0.3, 0.4) is 0 Å². The summed E-state index contributed by atoms with van der Waals surface area (Å²) >= 11 is 0. The Balaban J connectivity index is 3.10. The van der Waals surface area contributed by atoms with Crippen LogP contribution in [0, 0.1) is 12.7 Å². The van der Waals surface area contributed by atoms with Crippen molar-refractivity contribution >= 4 is 16.0 Å². The van der Waals surface area contributed by atoms with Crippen molar-refractivity contribution in [1.82, 2.24) is 4.72 Å². The highest BCUT2D eigenvalue weighted by molar-refractivity contribution is 7.89. The van der Waals surface area contributed by atoms with E-state index in [1.165, 1.54) is 19.1 Å². The Labute approximate surface area is 111 Å². The van der Waals surface area contributed by atoms with Crippen LogP contribution in [0.4, 0.5) is 4.39 Å². The number of carboxylic acids is 1. The molecule has 0 aromatic heterocycles. The van der Waals surface area contributed by atoms with E-state index >= 15 is 0 Å². The zero-order chi connectivity index (χ0) is 14.6.